The molecule has 0 spiro atoms. The lowest BCUT2D eigenvalue weighted by atomic mass is 10.2. The van der Waals surface area contributed by atoms with Crippen LogP contribution in [0.2, 0.25) is 0 Å². The van der Waals surface area contributed by atoms with Crippen molar-refractivity contribution in [3.8, 4) is 0 Å². The van der Waals surface area contributed by atoms with Crippen LogP contribution in [-0.2, 0) is 20.9 Å². The molecule has 9 heteroatoms. The minimum absolute atomic E-state index is 0.0870. The Kier molecular flexibility index (Phi) is 4.68. The quantitative estimate of drug-likeness (QED) is 0.362. The number of nitrogens with one attached hydrogen (secondary N) is 1. The van der Waals surface area contributed by atoms with Gasteiger partial charge in [-0.3, -0.25) is 15.4 Å². The molecule has 1 aromatic rings. The van der Waals surface area contributed by atoms with Crippen molar-refractivity contribution < 1.29 is 29.1 Å². The summed E-state index contributed by atoms with van der Waals surface area (Å²) in [5.74, 6) is -1.11. The van der Waals surface area contributed by atoms with Crippen LogP contribution in [-0.4, -0.2) is 34.4 Å². The smallest absolute Gasteiger partial charge is 0.429 e. The number of carbonyl (C=O) groups excluding carboxylic acids is 2. The largest absolute Gasteiger partial charge is 0.516 e. The van der Waals surface area contributed by atoms with Crippen LogP contribution in [0.25, 0.3) is 0 Å². The highest BCUT2D eigenvalue weighted by atomic mass is 16.7. The average molecular weight is 310 g/mol. The molecule has 1 aliphatic heterocycles. The van der Waals surface area contributed by atoms with Gasteiger partial charge in [0.2, 0.25) is 5.72 Å². The van der Waals surface area contributed by atoms with Crippen molar-refractivity contribution in [3.05, 3.63) is 39.9 Å². The van der Waals surface area contributed by atoms with Gasteiger partial charge in [0.15, 0.2) is 0 Å². The van der Waals surface area contributed by atoms with Gasteiger partial charge >= 0.3 is 12.1 Å². The highest BCUT2D eigenvalue weighted by Gasteiger charge is 2.41. The van der Waals surface area contributed by atoms with Crippen molar-refractivity contribution in [2.24, 2.45) is 0 Å². The number of nitro groups is 1. The standard InChI is InChI=1S/C13H14N2O7/c16-11(13(18)6-1-7-14-13)22-12(17)21-8-9-2-4-10(5-3-9)15(19)20/h2-5,14,18H,1,6-8H2/t13-/m1/s1. The van der Waals surface area contributed by atoms with Gasteiger partial charge in [-0.15, -0.1) is 0 Å². The van der Waals surface area contributed by atoms with Gasteiger partial charge in [0.05, 0.1) is 4.92 Å². The molecule has 1 saturated heterocycles. The molecule has 0 aliphatic carbocycles. The van der Waals surface area contributed by atoms with E-state index in [2.05, 4.69) is 10.1 Å². The first kappa shape index (κ1) is 15.9. The Morgan fingerprint density at radius 3 is 2.59 bits per heavy atom. The van der Waals surface area contributed by atoms with Crippen molar-refractivity contribution in [3.63, 3.8) is 0 Å². The Balaban J connectivity index is 1.82. The zero-order chi connectivity index (χ0) is 16.2. The predicted octanol–water partition coefficient (Wildman–Crippen LogP) is 0.847. The number of nitrogens with zero attached hydrogens (tertiary/aromatic N) is 1. The highest BCUT2D eigenvalue weighted by Crippen LogP contribution is 2.18. The normalized spacial score (nSPS) is 20.4. The number of esters is 1. The molecule has 1 aromatic carbocycles. The molecule has 1 heterocycles. The third-order valence-electron chi connectivity index (χ3n) is 3.15. The van der Waals surface area contributed by atoms with E-state index in [1.54, 1.807) is 0 Å². The molecule has 1 aliphatic rings. The Morgan fingerprint density at radius 2 is 2.05 bits per heavy atom. The Bertz CT molecular complexity index is 579. The number of hydrogen-bond donors (Lipinski definition) is 2. The highest BCUT2D eigenvalue weighted by molar-refractivity contribution is 5.87. The maximum Gasteiger partial charge on any atom is 0.516 e. The van der Waals surface area contributed by atoms with Crippen molar-refractivity contribution >= 4 is 17.8 Å². The lowest BCUT2D eigenvalue weighted by molar-refractivity contribution is -0.384. The number of ether oxygens (including phenoxy) is 2. The molecule has 0 unspecified atom stereocenters. The topological polar surface area (TPSA) is 128 Å². The van der Waals surface area contributed by atoms with E-state index in [0.29, 0.717) is 18.5 Å². The molecule has 0 radical (unpaired) electrons. The van der Waals surface area contributed by atoms with E-state index in [1.807, 2.05) is 0 Å². The summed E-state index contributed by atoms with van der Waals surface area (Å²) in [5.41, 5.74) is -1.45. The molecule has 0 amide bonds. The first-order chi connectivity index (χ1) is 10.4. The maximum atomic E-state index is 11.6. The Hall–Kier alpha value is -2.52. The van der Waals surface area contributed by atoms with E-state index >= 15 is 0 Å². The van der Waals surface area contributed by atoms with Gasteiger partial charge < -0.3 is 14.6 Å². The van der Waals surface area contributed by atoms with Gasteiger partial charge in [-0.25, -0.2) is 9.59 Å². The second-order valence-electron chi connectivity index (χ2n) is 4.74. The van der Waals surface area contributed by atoms with E-state index in [4.69, 9.17) is 4.74 Å². The van der Waals surface area contributed by atoms with Gasteiger partial charge in [0.1, 0.15) is 6.61 Å². The summed E-state index contributed by atoms with van der Waals surface area (Å²) in [5, 5.41) is 22.8. The monoisotopic (exact) mass is 310 g/mol. The van der Waals surface area contributed by atoms with Crippen molar-refractivity contribution in [2.75, 3.05) is 6.54 Å². The van der Waals surface area contributed by atoms with Crippen LogP contribution in [0, 0.1) is 10.1 Å². The second kappa shape index (κ2) is 6.50. The molecular formula is C13H14N2O7. The zero-order valence-corrected chi connectivity index (χ0v) is 11.5. The second-order valence-corrected chi connectivity index (χ2v) is 4.74. The third-order valence-corrected chi connectivity index (χ3v) is 3.15. The van der Waals surface area contributed by atoms with E-state index in [0.717, 1.165) is 0 Å². The molecule has 22 heavy (non-hydrogen) atoms. The van der Waals surface area contributed by atoms with Crippen molar-refractivity contribution in [1.29, 1.82) is 0 Å². The van der Waals surface area contributed by atoms with Crippen molar-refractivity contribution in [1.82, 2.24) is 5.32 Å². The summed E-state index contributed by atoms with van der Waals surface area (Å²) in [7, 11) is 0. The molecule has 1 fully saturated rings. The zero-order valence-electron chi connectivity index (χ0n) is 11.5. The van der Waals surface area contributed by atoms with Gasteiger partial charge in [0.25, 0.3) is 5.69 Å². The number of carbonyl (C=O) groups is 2. The molecule has 2 N–H and O–H groups in total. The van der Waals surface area contributed by atoms with Crippen molar-refractivity contribution in [2.45, 2.75) is 25.2 Å². The minimum atomic E-state index is -1.85. The van der Waals surface area contributed by atoms with Crippen LogP contribution in [0.15, 0.2) is 24.3 Å². The number of aliphatic hydroxyl groups is 1. The Morgan fingerprint density at radius 1 is 1.36 bits per heavy atom. The summed E-state index contributed by atoms with van der Waals surface area (Å²) in [6.45, 7) is 0.236. The molecule has 0 bridgehead atoms. The minimum Gasteiger partial charge on any atom is -0.429 e. The summed E-state index contributed by atoms with van der Waals surface area (Å²) in [6.07, 6.45) is -0.504. The molecular weight excluding hydrogens is 296 g/mol. The average Bonchev–Trinajstić information content (AvgIpc) is 2.94. The molecule has 0 saturated carbocycles. The lowest BCUT2D eigenvalue weighted by Gasteiger charge is -2.19. The Labute approximate surface area is 125 Å². The number of rotatable bonds is 4. The molecule has 9 nitrogen and oxygen atoms in total. The van der Waals surface area contributed by atoms with E-state index in [1.165, 1.54) is 24.3 Å². The van der Waals surface area contributed by atoms with Gasteiger partial charge in [-0.05, 0) is 30.7 Å². The molecule has 118 valence electrons. The van der Waals surface area contributed by atoms with E-state index in [-0.39, 0.29) is 18.7 Å². The van der Waals surface area contributed by atoms with Crippen LogP contribution >= 0.6 is 0 Å². The number of benzene rings is 1. The summed E-state index contributed by atoms with van der Waals surface area (Å²) in [4.78, 5) is 32.9. The van der Waals surface area contributed by atoms with Gasteiger partial charge in [-0.2, -0.15) is 0 Å². The summed E-state index contributed by atoms with van der Waals surface area (Å²) < 4.78 is 9.11. The van der Waals surface area contributed by atoms with E-state index in [9.17, 15) is 24.8 Å². The first-order valence-corrected chi connectivity index (χ1v) is 6.50. The molecule has 2 rings (SSSR count). The lowest BCUT2D eigenvalue weighted by Crippen LogP contribution is -2.49. The maximum absolute atomic E-state index is 11.6. The van der Waals surface area contributed by atoms with E-state index < -0.39 is 22.8 Å². The predicted molar refractivity (Wildman–Crippen MR) is 71.6 cm³/mol. The number of non-ortho nitro benzene ring substituents is 1. The molecule has 0 aromatic heterocycles. The fourth-order valence-electron chi connectivity index (χ4n) is 1.95. The van der Waals surface area contributed by atoms with Crippen LogP contribution in [0.1, 0.15) is 18.4 Å². The van der Waals surface area contributed by atoms with Gasteiger partial charge in [0, 0.05) is 18.6 Å². The summed E-state index contributed by atoms with van der Waals surface area (Å²) in [6, 6.07) is 5.36. The number of nitro benzene ring substituents is 1. The van der Waals surface area contributed by atoms with Gasteiger partial charge in [-0.1, -0.05) is 0 Å². The van der Waals surface area contributed by atoms with Crippen LogP contribution in [0.4, 0.5) is 10.5 Å². The third kappa shape index (κ3) is 3.77. The van der Waals surface area contributed by atoms with Crippen LogP contribution in [0.3, 0.4) is 0 Å². The number of hydrogen-bond acceptors (Lipinski definition) is 8. The fraction of sp³-hybridized carbons (Fsp3) is 0.385. The first-order valence-electron chi connectivity index (χ1n) is 6.50. The summed E-state index contributed by atoms with van der Waals surface area (Å²) >= 11 is 0. The van der Waals surface area contributed by atoms with Crippen LogP contribution in [0.5, 0.6) is 0 Å². The van der Waals surface area contributed by atoms with Crippen LogP contribution < -0.4 is 5.32 Å². The molecule has 1 atom stereocenters. The SMILES string of the molecule is O=C(OCc1ccc([N+](=O)[O-])cc1)OC(=O)[C@]1(O)CCCN1. The fourth-order valence-corrected chi connectivity index (χ4v) is 1.95.